The van der Waals surface area contributed by atoms with E-state index in [0.29, 0.717) is 18.8 Å². The molecule has 0 radical (unpaired) electrons. The molecule has 0 aliphatic rings. The molecule has 4 nitrogen and oxygen atoms in total. The molecule has 3 aromatic rings. The normalized spacial score (nSPS) is 11.9. The first-order chi connectivity index (χ1) is 11.7. The van der Waals surface area contributed by atoms with E-state index in [9.17, 15) is 0 Å². The molecule has 0 N–H and O–H groups in total. The van der Waals surface area contributed by atoms with Gasteiger partial charge in [0, 0.05) is 28.1 Å². The minimum atomic E-state index is 0.450. The number of halogens is 1. The van der Waals surface area contributed by atoms with Crippen LogP contribution in [-0.4, -0.2) is 13.7 Å². The van der Waals surface area contributed by atoms with Crippen molar-refractivity contribution in [2.24, 2.45) is 4.99 Å². The number of nitrogens with zero attached hydrogens (tertiary/aromatic N) is 1. The van der Waals surface area contributed by atoms with Gasteiger partial charge in [-0.3, -0.25) is 0 Å². The number of methoxy groups -OCH3 is 1. The van der Waals surface area contributed by atoms with Crippen molar-refractivity contribution in [3.63, 3.8) is 0 Å². The molecular weight excluding hydrogens is 370 g/mol. The zero-order valence-electron chi connectivity index (χ0n) is 13.6. The van der Waals surface area contributed by atoms with Crippen LogP contribution in [0.5, 0.6) is 5.75 Å². The summed E-state index contributed by atoms with van der Waals surface area (Å²) in [6, 6.07) is 15.5. The van der Waals surface area contributed by atoms with E-state index in [1.54, 1.807) is 7.11 Å². The standard InChI is InChI=1S/C19H18BrNO3/c1-3-23-12-14-9-13-10-15(20)7-8-18(13)24-19(14)21-16-5-4-6-17(11-16)22-2/h4-11H,3,12H2,1-2H3. The quantitative estimate of drug-likeness (QED) is 0.620. The first kappa shape index (κ1) is 16.7. The van der Waals surface area contributed by atoms with Gasteiger partial charge in [0.15, 0.2) is 0 Å². The number of hydrogen-bond donors (Lipinski definition) is 0. The average Bonchev–Trinajstić information content (AvgIpc) is 2.60. The van der Waals surface area contributed by atoms with E-state index < -0.39 is 0 Å². The molecule has 24 heavy (non-hydrogen) atoms. The molecule has 0 fully saturated rings. The summed E-state index contributed by atoms with van der Waals surface area (Å²) in [6.45, 7) is 3.05. The van der Waals surface area contributed by atoms with Crippen LogP contribution < -0.4 is 10.3 Å². The Morgan fingerprint density at radius 2 is 2.00 bits per heavy atom. The lowest BCUT2D eigenvalue weighted by molar-refractivity contribution is 0.131. The SMILES string of the molecule is CCOCc1cc2cc(Br)ccc2oc1=Nc1cccc(OC)c1. The summed E-state index contributed by atoms with van der Waals surface area (Å²) < 4.78 is 17.8. The zero-order chi connectivity index (χ0) is 16.9. The Morgan fingerprint density at radius 3 is 2.79 bits per heavy atom. The molecule has 2 aromatic carbocycles. The molecule has 5 heteroatoms. The lowest BCUT2D eigenvalue weighted by atomic mass is 10.2. The third kappa shape index (κ3) is 3.86. The molecule has 1 aromatic heterocycles. The van der Waals surface area contributed by atoms with Crippen LogP contribution in [0.25, 0.3) is 11.0 Å². The number of benzene rings is 2. The molecule has 1 heterocycles. The van der Waals surface area contributed by atoms with Gasteiger partial charge in [-0.1, -0.05) is 22.0 Å². The van der Waals surface area contributed by atoms with Gasteiger partial charge in [0.2, 0.25) is 5.55 Å². The predicted octanol–water partition coefficient (Wildman–Crippen LogP) is 4.97. The third-order valence-electron chi connectivity index (χ3n) is 3.53. The lowest BCUT2D eigenvalue weighted by Gasteiger charge is -2.06. The second-order valence-corrected chi connectivity index (χ2v) is 6.13. The van der Waals surface area contributed by atoms with E-state index in [1.165, 1.54) is 0 Å². The Labute approximate surface area is 148 Å². The van der Waals surface area contributed by atoms with Crippen LogP contribution >= 0.6 is 15.9 Å². The van der Waals surface area contributed by atoms with Crippen molar-refractivity contribution in [1.29, 1.82) is 0 Å². The van der Waals surface area contributed by atoms with Crippen molar-refractivity contribution in [2.45, 2.75) is 13.5 Å². The molecule has 0 bridgehead atoms. The molecule has 0 saturated heterocycles. The van der Waals surface area contributed by atoms with Crippen molar-refractivity contribution in [3.05, 3.63) is 64.1 Å². The first-order valence-corrected chi connectivity index (χ1v) is 8.47. The Hall–Kier alpha value is -2.11. The zero-order valence-corrected chi connectivity index (χ0v) is 15.2. The van der Waals surface area contributed by atoms with Gasteiger partial charge in [-0.15, -0.1) is 0 Å². The van der Waals surface area contributed by atoms with Crippen molar-refractivity contribution in [2.75, 3.05) is 13.7 Å². The summed E-state index contributed by atoms with van der Waals surface area (Å²) in [6.07, 6.45) is 0. The summed E-state index contributed by atoms with van der Waals surface area (Å²) in [4.78, 5) is 4.64. The van der Waals surface area contributed by atoms with Gasteiger partial charge in [0.05, 0.1) is 19.4 Å². The Kier molecular flexibility index (Phi) is 5.33. The number of rotatable bonds is 5. The smallest absolute Gasteiger partial charge is 0.225 e. The molecule has 124 valence electrons. The summed E-state index contributed by atoms with van der Waals surface area (Å²) in [7, 11) is 1.64. The largest absolute Gasteiger partial charge is 0.497 e. The minimum Gasteiger partial charge on any atom is -0.497 e. The van der Waals surface area contributed by atoms with Crippen molar-refractivity contribution in [1.82, 2.24) is 0 Å². The van der Waals surface area contributed by atoms with Gasteiger partial charge in [0.25, 0.3) is 0 Å². The average molecular weight is 388 g/mol. The van der Waals surface area contributed by atoms with Gasteiger partial charge in [0.1, 0.15) is 11.3 Å². The van der Waals surface area contributed by atoms with Gasteiger partial charge in [-0.2, -0.15) is 0 Å². The topological polar surface area (TPSA) is 44.0 Å². The highest BCUT2D eigenvalue weighted by Crippen LogP contribution is 2.22. The summed E-state index contributed by atoms with van der Waals surface area (Å²) >= 11 is 3.49. The fraction of sp³-hybridized carbons (Fsp3) is 0.211. The monoisotopic (exact) mass is 387 g/mol. The Bertz CT molecular complexity index is 918. The second kappa shape index (κ2) is 7.64. The van der Waals surface area contributed by atoms with E-state index in [-0.39, 0.29) is 0 Å². The van der Waals surface area contributed by atoms with E-state index in [0.717, 1.165) is 32.4 Å². The molecule has 0 unspecified atom stereocenters. The van der Waals surface area contributed by atoms with Crippen LogP contribution in [0.15, 0.2) is 62.4 Å². The maximum atomic E-state index is 6.01. The maximum absolute atomic E-state index is 6.01. The Morgan fingerprint density at radius 1 is 1.12 bits per heavy atom. The molecule has 0 spiro atoms. The van der Waals surface area contributed by atoms with Crippen molar-refractivity contribution in [3.8, 4) is 5.75 Å². The van der Waals surface area contributed by atoms with Gasteiger partial charge >= 0.3 is 0 Å². The van der Waals surface area contributed by atoms with Crippen molar-refractivity contribution < 1.29 is 13.9 Å². The van der Waals surface area contributed by atoms with Gasteiger partial charge < -0.3 is 13.9 Å². The van der Waals surface area contributed by atoms with E-state index in [2.05, 4.69) is 27.0 Å². The molecule has 0 atom stereocenters. The summed E-state index contributed by atoms with van der Waals surface area (Å²) in [5, 5.41) is 1.00. The maximum Gasteiger partial charge on any atom is 0.225 e. The number of hydrogen-bond acceptors (Lipinski definition) is 4. The van der Waals surface area contributed by atoms with Crippen molar-refractivity contribution >= 4 is 32.6 Å². The first-order valence-electron chi connectivity index (χ1n) is 7.68. The van der Waals surface area contributed by atoms with Crippen LogP contribution in [-0.2, 0) is 11.3 Å². The third-order valence-corrected chi connectivity index (χ3v) is 4.02. The highest BCUT2D eigenvalue weighted by Gasteiger charge is 2.06. The fourth-order valence-electron chi connectivity index (χ4n) is 2.35. The van der Waals surface area contributed by atoms with Crippen LogP contribution in [0.1, 0.15) is 12.5 Å². The molecular formula is C19H18BrNO3. The van der Waals surface area contributed by atoms with Crippen LogP contribution in [0.4, 0.5) is 5.69 Å². The molecule has 0 amide bonds. The lowest BCUT2D eigenvalue weighted by Crippen LogP contribution is -2.10. The molecule has 0 aliphatic carbocycles. The Balaban J connectivity index is 2.15. The van der Waals surface area contributed by atoms with Crippen LogP contribution in [0.2, 0.25) is 0 Å². The highest BCUT2D eigenvalue weighted by atomic mass is 79.9. The summed E-state index contributed by atoms with van der Waals surface area (Å²) in [5.74, 6) is 0.757. The molecule has 3 rings (SSSR count). The molecule has 0 saturated carbocycles. The van der Waals surface area contributed by atoms with Crippen LogP contribution in [0.3, 0.4) is 0 Å². The highest BCUT2D eigenvalue weighted by molar-refractivity contribution is 9.10. The van der Waals surface area contributed by atoms with Crippen LogP contribution in [0, 0.1) is 0 Å². The second-order valence-electron chi connectivity index (χ2n) is 5.21. The van der Waals surface area contributed by atoms with E-state index in [4.69, 9.17) is 13.9 Å². The number of fused-ring (bicyclic) bond motifs is 1. The number of ether oxygens (including phenoxy) is 2. The minimum absolute atomic E-state index is 0.450. The van der Waals surface area contributed by atoms with Gasteiger partial charge in [-0.25, -0.2) is 4.99 Å². The summed E-state index contributed by atoms with van der Waals surface area (Å²) in [5.41, 5.74) is 3.00. The van der Waals surface area contributed by atoms with Gasteiger partial charge in [-0.05, 0) is 43.3 Å². The van der Waals surface area contributed by atoms with E-state index >= 15 is 0 Å². The molecule has 0 aliphatic heterocycles. The fourth-order valence-corrected chi connectivity index (χ4v) is 2.73. The predicted molar refractivity (Wildman–Crippen MR) is 97.5 cm³/mol. The van der Waals surface area contributed by atoms with E-state index in [1.807, 2.05) is 49.4 Å².